The summed E-state index contributed by atoms with van der Waals surface area (Å²) in [4.78, 5) is 31.3. The molecule has 0 spiro atoms. The average Bonchev–Trinajstić information content (AvgIpc) is 2.97. The number of aromatic nitrogens is 4. The summed E-state index contributed by atoms with van der Waals surface area (Å²) in [5.41, 5.74) is -0.128. The molecule has 1 saturated heterocycles. The van der Waals surface area contributed by atoms with Crippen LogP contribution in [0.5, 0.6) is 0 Å². The van der Waals surface area contributed by atoms with Gasteiger partial charge in [-0.3, -0.25) is 4.79 Å². The highest BCUT2D eigenvalue weighted by Gasteiger charge is 2.19. The predicted molar refractivity (Wildman–Crippen MR) is 103 cm³/mol. The highest BCUT2D eigenvalue weighted by Crippen LogP contribution is 2.21. The molecule has 0 aliphatic carbocycles. The molecular formula is C19H21FN6O2. The molecule has 28 heavy (non-hydrogen) atoms. The average molecular weight is 384 g/mol. The van der Waals surface area contributed by atoms with Gasteiger partial charge in [0.2, 0.25) is 5.91 Å². The van der Waals surface area contributed by atoms with Gasteiger partial charge in [-0.05, 0) is 43.0 Å². The Bertz CT molecular complexity index is 1070. The Balaban J connectivity index is 1.52. The second-order valence-corrected chi connectivity index (χ2v) is 7.12. The largest absolute Gasteiger partial charge is 0.356 e. The number of carbonyl (C=O) groups excluding carboxylic acids is 1. The maximum absolute atomic E-state index is 13.2. The molecule has 3 aromatic rings. The van der Waals surface area contributed by atoms with E-state index < -0.39 is 17.4 Å². The van der Waals surface area contributed by atoms with Crippen LogP contribution in [-0.2, 0) is 11.3 Å². The van der Waals surface area contributed by atoms with Gasteiger partial charge in [-0.25, -0.2) is 18.3 Å². The molecule has 0 bridgehead atoms. The molecule has 0 radical (unpaired) electrons. The second-order valence-electron chi connectivity index (χ2n) is 7.12. The number of fused-ring (bicyclic) bond motifs is 1. The lowest BCUT2D eigenvalue weighted by molar-refractivity contribution is -0.117. The molecule has 1 fully saturated rings. The first-order valence-corrected chi connectivity index (χ1v) is 9.26. The predicted octanol–water partition coefficient (Wildman–Crippen LogP) is 1.91. The fourth-order valence-electron chi connectivity index (χ4n) is 3.32. The zero-order chi connectivity index (χ0) is 19.7. The number of rotatable bonds is 4. The van der Waals surface area contributed by atoms with Crippen LogP contribution in [0.25, 0.3) is 5.78 Å². The van der Waals surface area contributed by atoms with Gasteiger partial charge in [0.05, 0.1) is 0 Å². The standard InChI is InChI=1S/C19H21FN6O2/c1-13-5-8-24(9-6-13)16-7-10-25-18(22-16)23-26(19(25)28)12-17(27)21-15-4-2-3-14(20)11-15/h2-4,7,10-11,13H,5-6,8-9,12H2,1H3,(H,21,27). The summed E-state index contributed by atoms with van der Waals surface area (Å²) in [6.07, 6.45) is 3.84. The molecule has 0 saturated carbocycles. The van der Waals surface area contributed by atoms with E-state index in [4.69, 9.17) is 0 Å². The van der Waals surface area contributed by atoms with Crippen molar-refractivity contribution in [2.45, 2.75) is 26.3 Å². The molecule has 1 amide bonds. The number of anilines is 2. The number of nitrogens with zero attached hydrogens (tertiary/aromatic N) is 5. The number of hydrogen-bond acceptors (Lipinski definition) is 5. The Kier molecular flexibility index (Phi) is 4.81. The van der Waals surface area contributed by atoms with E-state index in [9.17, 15) is 14.0 Å². The smallest absolute Gasteiger partial charge is 0.352 e. The van der Waals surface area contributed by atoms with Gasteiger partial charge in [-0.2, -0.15) is 4.98 Å². The van der Waals surface area contributed by atoms with Gasteiger partial charge in [0.15, 0.2) is 0 Å². The summed E-state index contributed by atoms with van der Waals surface area (Å²) in [6, 6.07) is 7.35. The summed E-state index contributed by atoms with van der Waals surface area (Å²) in [7, 11) is 0. The zero-order valence-corrected chi connectivity index (χ0v) is 15.5. The summed E-state index contributed by atoms with van der Waals surface area (Å²) in [6.45, 7) is 3.80. The highest BCUT2D eigenvalue weighted by molar-refractivity contribution is 5.90. The van der Waals surface area contributed by atoms with E-state index >= 15 is 0 Å². The van der Waals surface area contributed by atoms with Crippen molar-refractivity contribution in [2.24, 2.45) is 5.92 Å². The van der Waals surface area contributed by atoms with Crippen molar-refractivity contribution in [3.63, 3.8) is 0 Å². The van der Waals surface area contributed by atoms with E-state index in [2.05, 4.69) is 27.2 Å². The third-order valence-electron chi connectivity index (χ3n) is 4.95. The molecule has 146 valence electrons. The third kappa shape index (κ3) is 3.73. The molecule has 2 aromatic heterocycles. The SMILES string of the molecule is CC1CCN(c2ccn3c(=O)n(CC(=O)Nc4cccc(F)c4)nc3n2)CC1. The first-order chi connectivity index (χ1) is 13.5. The van der Waals surface area contributed by atoms with E-state index in [0.29, 0.717) is 11.6 Å². The number of nitrogens with one attached hydrogen (secondary N) is 1. The van der Waals surface area contributed by atoms with Gasteiger partial charge in [-0.1, -0.05) is 13.0 Å². The van der Waals surface area contributed by atoms with E-state index in [1.54, 1.807) is 18.3 Å². The third-order valence-corrected chi connectivity index (χ3v) is 4.95. The van der Waals surface area contributed by atoms with E-state index in [-0.39, 0.29) is 12.3 Å². The molecule has 1 N–H and O–H groups in total. The number of amides is 1. The van der Waals surface area contributed by atoms with Crippen molar-refractivity contribution in [1.82, 2.24) is 19.2 Å². The van der Waals surface area contributed by atoms with Gasteiger partial charge in [0.25, 0.3) is 5.78 Å². The summed E-state index contributed by atoms with van der Waals surface area (Å²) >= 11 is 0. The number of piperidine rings is 1. The highest BCUT2D eigenvalue weighted by atomic mass is 19.1. The monoisotopic (exact) mass is 384 g/mol. The summed E-state index contributed by atoms with van der Waals surface area (Å²) in [5, 5.41) is 6.73. The van der Waals surface area contributed by atoms with E-state index in [0.717, 1.165) is 36.4 Å². The number of halogens is 1. The minimum Gasteiger partial charge on any atom is -0.356 e. The number of benzene rings is 1. The van der Waals surface area contributed by atoms with Crippen LogP contribution in [0.2, 0.25) is 0 Å². The lowest BCUT2D eigenvalue weighted by Gasteiger charge is -2.30. The summed E-state index contributed by atoms with van der Waals surface area (Å²) in [5.74, 6) is 0.812. The van der Waals surface area contributed by atoms with Gasteiger partial charge < -0.3 is 10.2 Å². The Morgan fingerprint density at radius 3 is 2.82 bits per heavy atom. The Morgan fingerprint density at radius 1 is 1.29 bits per heavy atom. The molecule has 3 heterocycles. The van der Waals surface area contributed by atoms with Crippen LogP contribution in [0.15, 0.2) is 41.3 Å². The van der Waals surface area contributed by atoms with Crippen molar-refractivity contribution in [2.75, 3.05) is 23.3 Å². The van der Waals surface area contributed by atoms with Crippen LogP contribution in [0.4, 0.5) is 15.9 Å². The lowest BCUT2D eigenvalue weighted by atomic mass is 9.99. The fourth-order valence-corrected chi connectivity index (χ4v) is 3.32. The van der Waals surface area contributed by atoms with Crippen molar-refractivity contribution in [1.29, 1.82) is 0 Å². The quantitative estimate of drug-likeness (QED) is 0.743. The summed E-state index contributed by atoms with van der Waals surface area (Å²) < 4.78 is 15.6. The minimum absolute atomic E-state index is 0.250. The first kappa shape index (κ1) is 18.1. The van der Waals surface area contributed by atoms with Crippen LogP contribution in [-0.4, -0.2) is 38.2 Å². The van der Waals surface area contributed by atoms with Crippen molar-refractivity contribution >= 4 is 23.2 Å². The minimum atomic E-state index is -0.471. The first-order valence-electron chi connectivity index (χ1n) is 9.26. The lowest BCUT2D eigenvalue weighted by Crippen LogP contribution is -2.33. The molecule has 0 unspecified atom stereocenters. The van der Waals surface area contributed by atoms with Crippen LogP contribution in [0.1, 0.15) is 19.8 Å². The number of carbonyl (C=O) groups is 1. The molecule has 8 nitrogen and oxygen atoms in total. The van der Waals surface area contributed by atoms with Crippen LogP contribution in [0, 0.1) is 11.7 Å². The molecule has 1 aromatic carbocycles. The Hall–Kier alpha value is -3.23. The van der Waals surface area contributed by atoms with Crippen LogP contribution >= 0.6 is 0 Å². The molecular weight excluding hydrogens is 363 g/mol. The Morgan fingerprint density at radius 2 is 2.07 bits per heavy atom. The van der Waals surface area contributed by atoms with Gasteiger partial charge in [-0.15, -0.1) is 5.10 Å². The Labute approximate surface area is 160 Å². The van der Waals surface area contributed by atoms with Crippen LogP contribution in [0.3, 0.4) is 0 Å². The van der Waals surface area contributed by atoms with Gasteiger partial charge in [0, 0.05) is 25.0 Å². The fraction of sp³-hybridized carbons (Fsp3) is 0.368. The van der Waals surface area contributed by atoms with Crippen LogP contribution < -0.4 is 15.9 Å². The normalized spacial score (nSPS) is 15.1. The van der Waals surface area contributed by atoms with Crippen molar-refractivity contribution < 1.29 is 9.18 Å². The van der Waals surface area contributed by atoms with Crippen molar-refractivity contribution in [3.8, 4) is 0 Å². The van der Waals surface area contributed by atoms with Gasteiger partial charge in [0.1, 0.15) is 18.2 Å². The van der Waals surface area contributed by atoms with E-state index in [1.165, 1.54) is 22.6 Å². The molecule has 1 aliphatic heterocycles. The zero-order valence-electron chi connectivity index (χ0n) is 15.5. The maximum atomic E-state index is 13.2. The maximum Gasteiger partial charge on any atom is 0.352 e. The van der Waals surface area contributed by atoms with Crippen molar-refractivity contribution in [3.05, 3.63) is 52.8 Å². The second kappa shape index (κ2) is 7.41. The molecule has 9 heteroatoms. The number of hydrogen-bond donors (Lipinski definition) is 1. The van der Waals surface area contributed by atoms with E-state index in [1.807, 2.05) is 0 Å². The molecule has 4 rings (SSSR count). The molecule has 0 atom stereocenters. The van der Waals surface area contributed by atoms with Gasteiger partial charge >= 0.3 is 5.69 Å². The topological polar surface area (TPSA) is 84.5 Å². The molecule has 1 aliphatic rings.